The van der Waals surface area contributed by atoms with Crippen molar-refractivity contribution in [1.82, 2.24) is 0 Å². The molecule has 20 heavy (non-hydrogen) atoms. The molecule has 0 spiro atoms. The molecule has 1 N–H and O–H groups in total. The van der Waals surface area contributed by atoms with E-state index in [1.165, 1.54) is 29.7 Å². The van der Waals surface area contributed by atoms with Crippen LogP contribution in [0.25, 0.3) is 6.08 Å². The van der Waals surface area contributed by atoms with Crippen LogP contribution in [-0.4, -0.2) is 15.8 Å². The molecule has 2 rings (SSSR count). The number of allylic oxidation sites excluding steroid dienone is 1. The van der Waals surface area contributed by atoms with Gasteiger partial charge in [-0.15, -0.1) is 0 Å². The van der Waals surface area contributed by atoms with Crippen LogP contribution in [0.15, 0.2) is 35.7 Å². The molecule has 0 radical (unpaired) electrons. The van der Waals surface area contributed by atoms with Gasteiger partial charge in [-0.2, -0.15) is 0 Å². The SMILES string of the molecule is O=C(C=Cc1csc([N+](=O)[O-])c1)c1ccc(O)cc1F. The number of carbonyl (C=O) groups excluding carboxylic acids is 1. The second kappa shape index (κ2) is 5.62. The van der Waals surface area contributed by atoms with Gasteiger partial charge >= 0.3 is 5.00 Å². The van der Waals surface area contributed by atoms with E-state index in [4.69, 9.17) is 5.11 Å². The molecule has 0 aliphatic carbocycles. The number of benzene rings is 1. The molecule has 0 unspecified atom stereocenters. The van der Waals surface area contributed by atoms with Crippen LogP contribution in [0, 0.1) is 15.9 Å². The van der Waals surface area contributed by atoms with Crippen LogP contribution in [0.3, 0.4) is 0 Å². The molecule has 1 heterocycles. The Labute approximate surface area is 116 Å². The number of nitrogens with zero attached hydrogens (tertiary/aromatic N) is 1. The molecule has 1 aromatic heterocycles. The Kier molecular flexibility index (Phi) is 3.90. The lowest BCUT2D eigenvalue weighted by atomic mass is 10.1. The van der Waals surface area contributed by atoms with E-state index in [1.807, 2.05) is 0 Å². The highest BCUT2D eigenvalue weighted by molar-refractivity contribution is 7.13. The number of phenols is 1. The Morgan fingerprint density at radius 2 is 2.15 bits per heavy atom. The van der Waals surface area contributed by atoms with Gasteiger partial charge in [0, 0.05) is 17.5 Å². The number of carbonyl (C=O) groups is 1. The van der Waals surface area contributed by atoms with Crippen LogP contribution < -0.4 is 0 Å². The second-order valence-corrected chi connectivity index (χ2v) is 4.73. The monoisotopic (exact) mass is 293 g/mol. The predicted molar refractivity (Wildman–Crippen MR) is 72.4 cm³/mol. The van der Waals surface area contributed by atoms with E-state index < -0.39 is 16.5 Å². The first-order chi connectivity index (χ1) is 9.47. The molecule has 7 heteroatoms. The van der Waals surface area contributed by atoms with E-state index >= 15 is 0 Å². The van der Waals surface area contributed by atoms with Crippen LogP contribution >= 0.6 is 11.3 Å². The van der Waals surface area contributed by atoms with Crippen molar-refractivity contribution in [3.63, 3.8) is 0 Å². The van der Waals surface area contributed by atoms with E-state index in [2.05, 4.69) is 0 Å². The van der Waals surface area contributed by atoms with Gasteiger partial charge in [-0.1, -0.05) is 11.3 Å². The van der Waals surface area contributed by atoms with Crippen LogP contribution in [-0.2, 0) is 0 Å². The van der Waals surface area contributed by atoms with E-state index in [9.17, 15) is 19.3 Å². The summed E-state index contributed by atoms with van der Waals surface area (Å²) in [6, 6.07) is 4.55. The summed E-state index contributed by atoms with van der Waals surface area (Å²) in [6.45, 7) is 0. The molecule has 0 aliphatic rings. The molecule has 2 aromatic rings. The minimum atomic E-state index is -0.823. The maximum atomic E-state index is 13.4. The number of nitro groups is 1. The third-order valence-electron chi connectivity index (χ3n) is 2.43. The molecule has 0 saturated carbocycles. The van der Waals surface area contributed by atoms with Crippen LogP contribution in [0.5, 0.6) is 5.75 Å². The molecule has 1 aromatic carbocycles. The highest BCUT2D eigenvalue weighted by atomic mass is 32.1. The second-order valence-electron chi connectivity index (χ2n) is 3.84. The average molecular weight is 293 g/mol. The molecule has 5 nitrogen and oxygen atoms in total. The van der Waals surface area contributed by atoms with Gasteiger partial charge in [0.1, 0.15) is 11.6 Å². The summed E-state index contributed by atoms with van der Waals surface area (Å²) in [5.74, 6) is -1.68. The molecular weight excluding hydrogens is 285 g/mol. The van der Waals surface area contributed by atoms with Gasteiger partial charge in [0.25, 0.3) is 0 Å². The predicted octanol–water partition coefficient (Wildman–Crippen LogP) is 3.40. The van der Waals surface area contributed by atoms with E-state index in [0.29, 0.717) is 5.56 Å². The molecule has 102 valence electrons. The lowest BCUT2D eigenvalue weighted by Crippen LogP contribution is -1.97. The van der Waals surface area contributed by atoms with Crippen molar-refractivity contribution >= 4 is 28.2 Å². The standard InChI is InChI=1S/C13H8FNO4S/c14-11-6-9(16)2-3-10(11)12(17)4-1-8-5-13(15(18)19)20-7-8/h1-7,16H. The maximum Gasteiger partial charge on any atom is 0.324 e. The van der Waals surface area contributed by atoms with Gasteiger partial charge in [-0.3, -0.25) is 14.9 Å². The van der Waals surface area contributed by atoms with Crippen molar-refractivity contribution < 1.29 is 19.2 Å². The fourth-order valence-electron chi connectivity index (χ4n) is 1.49. The summed E-state index contributed by atoms with van der Waals surface area (Å²) < 4.78 is 13.4. The number of aromatic hydroxyl groups is 1. The number of hydrogen-bond donors (Lipinski definition) is 1. The van der Waals surface area contributed by atoms with Crippen LogP contribution in [0.4, 0.5) is 9.39 Å². The van der Waals surface area contributed by atoms with Crippen molar-refractivity contribution in [1.29, 1.82) is 0 Å². The Morgan fingerprint density at radius 3 is 2.75 bits per heavy atom. The Hall–Kier alpha value is -2.54. The first-order valence-electron chi connectivity index (χ1n) is 5.41. The molecule has 0 bridgehead atoms. The average Bonchev–Trinajstić information content (AvgIpc) is 2.85. The molecular formula is C13H8FNO4S. The lowest BCUT2D eigenvalue weighted by Gasteiger charge is -1.98. The Morgan fingerprint density at radius 1 is 1.40 bits per heavy atom. The smallest absolute Gasteiger partial charge is 0.324 e. The van der Waals surface area contributed by atoms with Crippen molar-refractivity contribution in [2.45, 2.75) is 0 Å². The van der Waals surface area contributed by atoms with Gasteiger partial charge in [-0.25, -0.2) is 4.39 Å². The fraction of sp³-hybridized carbons (Fsp3) is 0. The lowest BCUT2D eigenvalue weighted by molar-refractivity contribution is -0.380. The van der Waals surface area contributed by atoms with E-state index in [-0.39, 0.29) is 16.3 Å². The van der Waals surface area contributed by atoms with Crippen LogP contribution in [0.2, 0.25) is 0 Å². The summed E-state index contributed by atoms with van der Waals surface area (Å²) in [6.07, 6.45) is 2.50. The van der Waals surface area contributed by atoms with E-state index in [0.717, 1.165) is 23.5 Å². The quantitative estimate of drug-likeness (QED) is 0.405. The third-order valence-corrected chi connectivity index (χ3v) is 3.33. The number of phenolic OH excluding ortho intramolecular Hbond substituents is 1. The van der Waals surface area contributed by atoms with Crippen LogP contribution in [0.1, 0.15) is 15.9 Å². The summed E-state index contributed by atoms with van der Waals surface area (Å²) in [5.41, 5.74) is 0.318. The van der Waals surface area contributed by atoms with Gasteiger partial charge in [0.2, 0.25) is 0 Å². The molecule has 0 aliphatic heterocycles. The summed E-state index contributed by atoms with van der Waals surface area (Å²) >= 11 is 0.941. The van der Waals surface area contributed by atoms with Gasteiger partial charge in [-0.05, 0) is 29.8 Å². The number of hydrogen-bond acceptors (Lipinski definition) is 5. The third kappa shape index (κ3) is 3.07. The first-order valence-corrected chi connectivity index (χ1v) is 6.29. The highest BCUT2D eigenvalue weighted by Crippen LogP contribution is 2.23. The Balaban J connectivity index is 2.17. The van der Waals surface area contributed by atoms with Crippen molar-refractivity contribution in [3.8, 4) is 5.75 Å². The minimum absolute atomic E-state index is 0.0343. The zero-order valence-electron chi connectivity index (χ0n) is 9.95. The number of thiophene rings is 1. The molecule has 0 fully saturated rings. The summed E-state index contributed by atoms with van der Waals surface area (Å²) in [7, 11) is 0. The largest absolute Gasteiger partial charge is 0.508 e. The molecule has 0 saturated heterocycles. The molecule has 0 amide bonds. The van der Waals surface area contributed by atoms with Crippen molar-refractivity contribution in [2.75, 3.05) is 0 Å². The minimum Gasteiger partial charge on any atom is -0.508 e. The zero-order chi connectivity index (χ0) is 14.7. The highest BCUT2D eigenvalue weighted by Gasteiger charge is 2.11. The number of rotatable bonds is 4. The van der Waals surface area contributed by atoms with Crippen molar-refractivity contribution in [2.24, 2.45) is 0 Å². The first kappa shape index (κ1) is 13.9. The van der Waals surface area contributed by atoms with Gasteiger partial charge in [0.05, 0.1) is 10.5 Å². The van der Waals surface area contributed by atoms with Gasteiger partial charge in [0.15, 0.2) is 5.78 Å². The normalized spacial score (nSPS) is 10.8. The van der Waals surface area contributed by atoms with E-state index in [1.54, 1.807) is 0 Å². The zero-order valence-corrected chi connectivity index (χ0v) is 10.8. The topological polar surface area (TPSA) is 80.4 Å². The Bertz CT molecular complexity index is 708. The summed E-state index contributed by atoms with van der Waals surface area (Å²) in [4.78, 5) is 21.7. The van der Waals surface area contributed by atoms with Gasteiger partial charge < -0.3 is 5.11 Å². The number of halogens is 1. The fourth-order valence-corrected chi connectivity index (χ4v) is 2.18. The number of ketones is 1. The maximum absolute atomic E-state index is 13.4. The molecule has 0 atom stereocenters. The van der Waals surface area contributed by atoms with Crippen molar-refractivity contribution in [3.05, 3.63) is 62.8 Å². The summed E-state index contributed by atoms with van der Waals surface area (Å²) in [5, 5.41) is 21.0.